The lowest BCUT2D eigenvalue weighted by Crippen LogP contribution is -2.45. The molecule has 4 rings (SSSR count). The minimum atomic E-state index is -0.317. The van der Waals surface area contributed by atoms with Crippen molar-refractivity contribution in [3.05, 3.63) is 33.9 Å². The van der Waals surface area contributed by atoms with Crippen molar-refractivity contribution in [2.75, 3.05) is 26.2 Å². The van der Waals surface area contributed by atoms with Crippen LogP contribution in [0.3, 0.4) is 0 Å². The topological polar surface area (TPSA) is 76.9 Å². The van der Waals surface area contributed by atoms with E-state index < -0.39 is 0 Å². The molecule has 0 aromatic carbocycles. The second-order valence-corrected chi connectivity index (χ2v) is 7.14. The summed E-state index contributed by atoms with van der Waals surface area (Å²) in [6.45, 7) is 6.18. The Labute approximate surface area is 140 Å². The molecule has 0 radical (unpaired) electrons. The van der Waals surface area contributed by atoms with E-state index in [9.17, 15) is 9.90 Å². The Morgan fingerprint density at radius 2 is 2.04 bits per heavy atom. The summed E-state index contributed by atoms with van der Waals surface area (Å²) in [6, 6.07) is 3.67. The van der Waals surface area contributed by atoms with Crippen molar-refractivity contribution in [1.29, 1.82) is 0 Å². The second kappa shape index (κ2) is 6.31. The number of H-pyrrole nitrogens is 1. The zero-order valence-corrected chi connectivity index (χ0v) is 14.1. The molecule has 2 atom stereocenters. The van der Waals surface area contributed by atoms with E-state index in [1.54, 1.807) is 6.07 Å². The molecule has 0 bridgehead atoms. The van der Waals surface area contributed by atoms with Gasteiger partial charge in [-0.3, -0.25) is 19.7 Å². The third-order valence-electron chi connectivity index (χ3n) is 5.21. The van der Waals surface area contributed by atoms with Gasteiger partial charge in [0.15, 0.2) is 5.65 Å². The quantitative estimate of drug-likeness (QED) is 0.849. The Kier molecular flexibility index (Phi) is 4.15. The third-order valence-corrected chi connectivity index (χ3v) is 5.21. The summed E-state index contributed by atoms with van der Waals surface area (Å²) >= 11 is 0. The summed E-state index contributed by atoms with van der Waals surface area (Å²) in [7, 11) is 0. The Morgan fingerprint density at radius 1 is 1.25 bits per heavy atom. The van der Waals surface area contributed by atoms with Crippen LogP contribution in [0.15, 0.2) is 16.9 Å². The molecule has 2 N–H and O–H groups in total. The van der Waals surface area contributed by atoms with Crippen molar-refractivity contribution in [2.45, 2.75) is 44.9 Å². The van der Waals surface area contributed by atoms with Crippen molar-refractivity contribution in [2.24, 2.45) is 0 Å². The first-order valence-corrected chi connectivity index (χ1v) is 8.83. The van der Waals surface area contributed by atoms with Gasteiger partial charge in [-0.05, 0) is 32.9 Å². The summed E-state index contributed by atoms with van der Waals surface area (Å²) in [4.78, 5) is 21.4. The van der Waals surface area contributed by atoms with Crippen LogP contribution in [0.2, 0.25) is 0 Å². The number of rotatable bonds is 3. The van der Waals surface area contributed by atoms with Gasteiger partial charge in [0.1, 0.15) is 0 Å². The molecule has 4 heterocycles. The molecule has 0 unspecified atom stereocenters. The number of aliphatic hydroxyl groups excluding tert-OH is 1. The number of nitrogens with one attached hydrogen (secondary N) is 1. The average molecular weight is 331 g/mol. The maximum absolute atomic E-state index is 12.2. The fourth-order valence-corrected chi connectivity index (χ4v) is 4.06. The van der Waals surface area contributed by atoms with Crippen LogP contribution in [0.1, 0.15) is 30.7 Å². The highest BCUT2D eigenvalue weighted by atomic mass is 16.3. The predicted octanol–water partition coefficient (Wildman–Crippen LogP) is 0.362. The lowest BCUT2D eigenvalue weighted by molar-refractivity contribution is 0.0706. The van der Waals surface area contributed by atoms with Crippen molar-refractivity contribution in [3.8, 4) is 0 Å². The van der Waals surface area contributed by atoms with E-state index in [0.29, 0.717) is 18.7 Å². The highest BCUT2D eigenvalue weighted by Gasteiger charge is 2.35. The van der Waals surface area contributed by atoms with Gasteiger partial charge in [0, 0.05) is 43.5 Å². The Hall–Kier alpha value is -1.70. The molecule has 2 saturated heterocycles. The number of β-amino-alcohol motifs (C(OH)–C–C–N with tert-alkyl or cyclic N) is 1. The number of hydrogen-bond acceptors (Lipinski definition) is 5. The number of piperidine rings is 1. The van der Waals surface area contributed by atoms with Gasteiger partial charge in [-0.1, -0.05) is 6.42 Å². The highest BCUT2D eigenvalue weighted by molar-refractivity contribution is 5.39. The van der Waals surface area contributed by atoms with Crippen molar-refractivity contribution < 1.29 is 5.11 Å². The first-order chi connectivity index (χ1) is 11.6. The van der Waals surface area contributed by atoms with E-state index in [1.165, 1.54) is 23.8 Å². The molecular weight excluding hydrogens is 306 g/mol. The number of nitrogens with zero attached hydrogens (tertiary/aromatic N) is 4. The molecule has 0 aliphatic carbocycles. The van der Waals surface area contributed by atoms with E-state index in [4.69, 9.17) is 0 Å². The van der Waals surface area contributed by atoms with Gasteiger partial charge in [-0.2, -0.15) is 0 Å². The number of fused-ring (bicyclic) bond motifs is 1. The number of aliphatic hydroxyl groups is 1. The molecule has 2 aliphatic heterocycles. The number of likely N-dealkylation sites (tertiary alicyclic amines) is 2. The van der Waals surface area contributed by atoms with Gasteiger partial charge in [0.25, 0.3) is 5.56 Å². The van der Waals surface area contributed by atoms with Crippen LogP contribution in [0.25, 0.3) is 5.65 Å². The Morgan fingerprint density at radius 3 is 2.83 bits per heavy atom. The summed E-state index contributed by atoms with van der Waals surface area (Å²) in [5, 5.41) is 13.4. The van der Waals surface area contributed by atoms with Gasteiger partial charge in [-0.25, -0.2) is 9.50 Å². The molecule has 2 aliphatic rings. The molecule has 7 heteroatoms. The van der Waals surface area contributed by atoms with Crippen LogP contribution in [0.5, 0.6) is 0 Å². The monoisotopic (exact) mass is 331 g/mol. The molecule has 24 heavy (non-hydrogen) atoms. The average Bonchev–Trinajstić information content (AvgIpc) is 3.11. The SMILES string of the molecule is Cc1cc2nc(CN3C[C@H](O)[C@@H](N4CCCCC4)C3)cc(=O)n2[nH]1. The molecule has 0 amide bonds. The van der Waals surface area contributed by atoms with Gasteiger partial charge in [0.05, 0.1) is 11.8 Å². The van der Waals surface area contributed by atoms with Gasteiger partial charge < -0.3 is 5.11 Å². The lowest BCUT2D eigenvalue weighted by atomic mass is 10.1. The molecule has 130 valence electrons. The zero-order valence-electron chi connectivity index (χ0n) is 14.1. The van der Waals surface area contributed by atoms with Gasteiger partial charge in [0.2, 0.25) is 0 Å². The molecule has 2 fully saturated rings. The molecule has 2 aromatic rings. The first kappa shape index (κ1) is 15.8. The molecule has 2 aromatic heterocycles. The zero-order chi connectivity index (χ0) is 16.7. The van der Waals surface area contributed by atoms with Crippen LogP contribution in [0, 0.1) is 6.92 Å². The predicted molar refractivity (Wildman–Crippen MR) is 91.0 cm³/mol. The standard InChI is InChI=1S/C17H25N5O2/c1-12-7-16-18-13(8-17(24)22(16)19-12)9-20-10-14(15(23)11-20)21-5-3-2-4-6-21/h7-8,14-15,19,23H,2-6,9-11H2,1H3/t14-,15-/m0/s1. The largest absolute Gasteiger partial charge is 0.390 e. The summed E-state index contributed by atoms with van der Waals surface area (Å²) < 4.78 is 1.47. The minimum absolute atomic E-state index is 0.0876. The summed E-state index contributed by atoms with van der Waals surface area (Å²) in [5.41, 5.74) is 2.25. The third kappa shape index (κ3) is 2.99. The maximum Gasteiger partial charge on any atom is 0.272 e. The lowest BCUT2D eigenvalue weighted by Gasteiger charge is -2.33. The van der Waals surface area contributed by atoms with Crippen LogP contribution in [0.4, 0.5) is 0 Å². The fraction of sp³-hybridized carbons (Fsp3) is 0.647. The van der Waals surface area contributed by atoms with Crippen molar-refractivity contribution in [1.82, 2.24) is 24.4 Å². The highest BCUT2D eigenvalue weighted by Crippen LogP contribution is 2.21. The van der Waals surface area contributed by atoms with Crippen LogP contribution in [-0.2, 0) is 6.54 Å². The van der Waals surface area contributed by atoms with Crippen LogP contribution >= 0.6 is 0 Å². The van der Waals surface area contributed by atoms with Crippen molar-refractivity contribution in [3.63, 3.8) is 0 Å². The van der Waals surface area contributed by atoms with Gasteiger partial charge >= 0.3 is 0 Å². The Balaban J connectivity index is 1.48. The van der Waals surface area contributed by atoms with Gasteiger partial charge in [-0.15, -0.1) is 0 Å². The number of aromatic nitrogens is 3. The molecule has 0 saturated carbocycles. The summed E-state index contributed by atoms with van der Waals surface area (Å²) in [6.07, 6.45) is 3.44. The first-order valence-electron chi connectivity index (χ1n) is 8.83. The maximum atomic E-state index is 12.2. The number of hydrogen-bond donors (Lipinski definition) is 2. The van der Waals surface area contributed by atoms with Crippen LogP contribution < -0.4 is 5.56 Å². The number of aromatic amines is 1. The molecule has 0 spiro atoms. The van der Waals surface area contributed by atoms with Crippen LogP contribution in [-0.4, -0.2) is 67.8 Å². The fourth-order valence-electron chi connectivity index (χ4n) is 4.06. The molecular formula is C17H25N5O2. The van der Waals surface area contributed by atoms with E-state index in [0.717, 1.165) is 31.0 Å². The minimum Gasteiger partial charge on any atom is -0.390 e. The normalized spacial score (nSPS) is 26.4. The van der Waals surface area contributed by atoms with E-state index in [2.05, 4.69) is 19.9 Å². The molecule has 7 nitrogen and oxygen atoms in total. The summed E-state index contributed by atoms with van der Waals surface area (Å²) in [5.74, 6) is 0. The van der Waals surface area contributed by atoms with E-state index in [1.807, 2.05) is 13.0 Å². The van der Waals surface area contributed by atoms with E-state index >= 15 is 0 Å². The Bertz CT molecular complexity index is 777. The second-order valence-electron chi connectivity index (χ2n) is 7.14. The smallest absolute Gasteiger partial charge is 0.272 e. The van der Waals surface area contributed by atoms with E-state index in [-0.39, 0.29) is 17.7 Å². The number of aryl methyl sites for hydroxylation is 1. The van der Waals surface area contributed by atoms with Crippen molar-refractivity contribution >= 4 is 5.65 Å².